The summed E-state index contributed by atoms with van der Waals surface area (Å²) in [7, 11) is 0. The lowest BCUT2D eigenvalue weighted by Gasteiger charge is -2.06. The Bertz CT molecular complexity index is 1430. The molecule has 160 valence electrons. The van der Waals surface area contributed by atoms with Crippen LogP contribution in [0, 0.1) is 46.7 Å². The fourth-order valence-electron chi connectivity index (χ4n) is 3.40. The summed E-state index contributed by atoms with van der Waals surface area (Å²) in [4.78, 5) is 0. The Morgan fingerprint density at radius 3 is 2.12 bits per heavy atom. The Morgan fingerprint density at radius 2 is 1.44 bits per heavy atom. The molecule has 0 bridgehead atoms. The molecule has 4 rings (SSSR count). The molecule has 0 aliphatic heterocycles. The molecule has 0 aliphatic carbocycles. The van der Waals surface area contributed by atoms with E-state index in [-0.39, 0.29) is 22.1 Å². The molecule has 0 spiro atoms. The van der Waals surface area contributed by atoms with Gasteiger partial charge >= 0.3 is 0 Å². The summed E-state index contributed by atoms with van der Waals surface area (Å²) in [6.07, 6.45) is 0.670. The third-order valence-corrected chi connectivity index (χ3v) is 5.09. The van der Waals surface area contributed by atoms with Gasteiger partial charge in [0.05, 0.1) is 10.9 Å². The first-order valence-electron chi connectivity index (χ1n) is 9.65. The van der Waals surface area contributed by atoms with Crippen LogP contribution in [0.1, 0.15) is 23.6 Å². The van der Waals surface area contributed by atoms with Crippen LogP contribution < -0.4 is 0 Å². The lowest BCUT2D eigenvalue weighted by molar-refractivity contribution is 0.451. The molecule has 0 amide bonds. The molecule has 0 radical (unpaired) electrons. The highest BCUT2D eigenvalue weighted by Gasteiger charge is 2.17. The van der Waals surface area contributed by atoms with Crippen molar-refractivity contribution in [1.82, 2.24) is 0 Å². The molecule has 0 aliphatic rings. The zero-order valence-electron chi connectivity index (χ0n) is 16.7. The highest BCUT2D eigenvalue weighted by Crippen LogP contribution is 2.28. The zero-order chi connectivity index (χ0) is 23.0. The second kappa shape index (κ2) is 8.43. The van der Waals surface area contributed by atoms with E-state index in [0.717, 1.165) is 17.7 Å². The molecule has 0 atom stereocenters. The van der Waals surface area contributed by atoms with E-state index >= 15 is 0 Å². The van der Waals surface area contributed by atoms with Crippen LogP contribution in [0.2, 0.25) is 0 Å². The Hall–Kier alpha value is -3.72. The molecule has 32 heavy (non-hydrogen) atoms. The van der Waals surface area contributed by atoms with Crippen LogP contribution in [0.3, 0.4) is 0 Å². The van der Waals surface area contributed by atoms with E-state index in [1.54, 1.807) is 12.1 Å². The number of hydrogen-bond acceptors (Lipinski definition) is 0. The molecule has 0 fully saturated rings. The summed E-state index contributed by atoms with van der Waals surface area (Å²) in [5.74, 6) is -2.09. The van der Waals surface area contributed by atoms with E-state index in [1.165, 1.54) is 24.3 Å². The molecule has 6 heteroatoms. The Labute approximate surface area is 180 Å². The molecule has 4 aromatic carbocycles. The van der Waals surface area contributed by atoms with Crippen molar-refractivity contribution in [2.24, 2.45) is 0 Å². The van der Waals surface area contributed by atoms with Gasteiger partial charge in [-0.1, -0.05) is 37.0 Å². The summed E-state index contributed by atoms with van der Waals surface area (Å²) in [6, 6.07) is 11.4. The van der Waals surface area contributed by atoms with E-state index in [4.69, 9.17) is 0 Å². The average molecular weight is 440 g/mol. The fourth-order valence-corrected chi connectivity index (χ4v) is 3.40. The van der Waals surface area contributed by atoms with Crippen molar-refractivity contribution in [1.29, 1.82) is 0 Å². The molecular formula is C26H14F6. The van der Waals surface area contributed by atoms with Crippen molar-refractivity contribution >= 4 is 10.8 Å². The second-order valence-electron chi connectivity index (χ2n) is 7.15. The van der Waals surface area contributed by atoms with Gasteiger partial charge in [0.25, 0.3) is 0 Å². The summed E-state index contributed by atoms with van der Waals surface area (Å²) < 4.78 is 83.8. The first-order valence-corrected chi connectivity index (χ1v) is 9.65. The first kappa shape index (κ1) is 21.5. The van der Waals surface area contributed by atoms with Crippen LogP contribution in [0.25, 0.3) is 21.9 Å². The normalized spacial score (nSPS) is 10.8. The SMILES string of the molecule is CCc1ccc(-c2ccc(C#Cc3cc(F)c4c(F)c(F)c(F)cc4c3)c(F)c2)c(F)c1. The maximum atomic E-state index is 14.6. The minimum atomic E-state index is -1.77. The van der Waals surface area contributed by atoms with Gasteiger partial charge < -0.3 is 0 Å². The van der Waals surface area contributed by atoms with Gasteiger partial charge in [-0.2, -0.15) is 0 Å². The van der Waals surface area contributed by atoms with E-state index in [0.29, 0.717) is 18.1 Å². The topological polar surface area (TPSA) is 0 Å². The van der Waals surface area contributed by atoms with Crippen molar-refractivity contribution in [3.8, 4) is 23.0 Å². The number of aryl methyl sites for hydroxylation is 1. The van der Waals surface area contributed by atoms with Crippen LogP contribution >= 0.6 is 0 Å². The zero-order valence-corrected chi connectivity index (χ0v) is 16.7. The molecule has 0 nitrogen and oxygen atoms in total. The van der Waals surface area contributed by atoms with Crippen molar-refractivity contribution in [3.63, 3.8) is 0 Å². The van der Waals surface area contributed by atoms with Crippen LogP contribution in [0.5, 0.6) is 0 Å². The van der Waals surface area contributed by atoms with Crippen LogP contribution in [-0.2, 0) is 6.42 Å². The average Bonchev–Trinajstić information content (AvgIpc) is 2.76. The number of benzene rings is 4. The molecular weight excluding hydrogens is 426 g/mol. The van der Waals surface area contributed by atoms with E-state index in [2.05, 4.69) is 11.8 Å². The highest BCUT2D eigenvalue weighted by atomic mass is 19.2. The maximum absolute atomic E-state index is 14.6. The lowest BCUT2D eigenvalue weighted by atomic mass is 10.0. The van der Waals surface area contributed by atoms with Gasteiger partial charge in [-0.3, -0.25) is 0 Å². The Morgan fingerprint density at radius 1 is 0.656 bits per heavy atom. The fraction of sp³-hybridized carbons (Fsp3) is 0.0769. The van der Waals surface area contributed by atoms with Crippen molar-refractivity contribution in [3.05, 3.63) is 106 Å². The molecule has 0 aromatic heterocycles. The van der Waals surface area contributed by atoms with Crippen LogP contribution in [0.4, 0.5) is 26.3 Å². The van der Waals surface area contributed by atoms with Gasteiger partial charge in [0.1, 0.15) is 17.5 Å². The number of rotatable bonds is 2. The van der Waals surface area contributed by atoms with Gasteiger partial charge in [-0.25, -0.2) is 26.3 Å². The largest absolute Gasteiger partial charge is 0.206 e. The molecule has 0 heterocycles. The van der Waals surface area contributed by atoms with Gasteiger partial charge in [-0.05, 0) is 59.3 Å². The molecule has 0 unspecified atom stereocenters. The molecule has 0 saturated heterocycles. The molecule has 0 saturated carbocycles. The predicted octanol–water partition coefficient (Wildman–Crippen LogP) is 7.30. The second-order valence-corrected chi connectivity index (χ2v) is 7.15. The van der Waals surface area contributed by atoms with Crippen molar-refractivity contribution in [2.75, 3.05) is 0 Å². The minimum absolute atomic E-state index is 0.0186. The summed E-state index contributed by atoms with van der Waals surface area (Å²) >= 11 is 0. The summed E-state index contributed by atoms with van der Waals surface area (Å²) in [5, 5.41) is -0.909. The van der Waals surface area contributed by atoms with Crippen molar-refractivity contribution in [2.45, 2.75) is 13.3 Å². The first-order chi connectivity index (χ1) is 15.3. The van der Waals surface area contributed by atoms with E-state index in [9.17, 15) is 26.3 Å². The quantitative estimate of drug-likeness (QED) is 0.174. The third kappa shape index (κ3) is 3.94. The summed E-state index contributed by atoms with van der Waals surface area (Å²) in [5.41, 5.74) is 1.38. The molecule has 4 aromatic rings. The smallest absolute Gasteiger partial charge is 0.195 e. The van der Waals surface area contributed by atoms with Gasteiger partial charge in [0, 0.05) is 11.1 Å². The maximum Gasteiger partial charge on any atom is 0.195 e. The number of fused-ring (bicyclic) bond motifs is 1. The molecule has 0 N–H and O–H groups in total. The Balaban J connectivity index is 1.70. The minimum Gasteiger partial charge on any atom is -0.206 e. The van der Waals surface area contributed by atoms with Gasteiger partial charge in [0.15, 0.2) is 17.5 Å². The van der Waals surface area contributed by atoms with Crippen LogP contribution in [-0.4, -0.2) is 0 Å². The highest BCUT2D eigenvalue weighted by molar-refractivity contribution is 5.85. The standard InChI is InChI=1S/C26H14F6/c1-2-14-4-8-19(21(28)10-14)17-7-6-16(20(27)12-17)5-3-15-9-18-13-23(30)25(31)26(32)24(18)22(29)11-15/h4,6-13H,2H2,1H3. The van der Waals surface area contributed by atoms with Gasteiger partial charge in [-0.15, -0.1) is 0 Å². The van der Waals surface area contributed by atoms with Crippen molar-refractivity contribution < 1.29 is 26.3 Å². The van der Waals surface area contributed by atoms with E-state index in [1.807, 2.05) is 6.92 Å². The number of hydrogen-bond donors (Lipinski definition) is 0. The lowest BCUT2D eigenvalue weighted by Crippen LogP contribution is -1.95. The van der Waals surface area contributed by atoms with E-state index < -0.39 is 40.3 Å². The van der Waals surface area contributed by atoms with Crippen LogP contribution in [0.15, 0.2) is 54.6 Å². The Kier molecular flexibility index (Phi) is 5.67. The predicted molar refractivity (Wildman–Crippen MR) is 111 cm³/mol. The number of halogens is 6. The van der Waals surface area contributed by atoms with Gasteiger partial charge in [0.2, 0.25) is 0 Å². The summed E-state index contributed by atoms with van der Waals surface area (Å²) in [6.45, 7) is 1.90. The monoisotopic (exact) mass is 440 g/mol. The third-order valence-electron chi connectivity index (χ3n) is 5.09.